The van der Waals surface area contributed by atoms with Crippen molar-refractivity contribution >= 4 is 16.1 Å². The zero-order chi connectivity index (χ0) is 16.9. The van der Waals surface area contributed by atoms with Gasteiger partial charge < -0.3 is 9.22 Å². The third-order valence-corrected chi connectivity index (χ3v) is 4.66. The van der Waals surface area contributed by atoms with Crippen LogP contribution in [-0.4, -0.2) is 63.0 Å². The zero-order valence-electron chi connectivity index (χ0n) is 14.0. The second kappa shape index (κ2) is 7.56. The van der Waals surface area contributed by atoms with Gasteiger partial charge in [-0.2, -0.15) is 8.42 Å². The molecule has 0 aromatic carbocycles. The van der Waals surface area contributed by atoms with Crippen molar-refractivity contribution in [2.24, 2.45) is 11.3 Å². The van der Waals surface area contributed by atoms with E-state index in [1.165, 1.54) is 0 Å². The van der Waals surface area contributed by atoms with Gasteiger partial charge in [-0.1, -0.05) is 13.8 Å². The number of esters is 1. The molecule has 7 heteroatoms. The third-order valence-electron chi connectivity index (χ3n) is 3.67. The first kappa shape index (κ1) is 20.3. The van der Waals surface area contributed by atoms with Gasteiger partial charge in [0.05, 0.1) is 31.8 Å². The van der Waals surface area contributed by atoms with Gasteiger partial charge in [0.1, 0.15) is 13.2 Å². The number of hydrogen-bond donors (Lipinski definition) is 1. The number of carbonyl (C=O) groups excluding carboxylic acids is 1. The molecule has 0 rings (SSSR count). The molecule has 0 spiro atoms. The first-order valence-corrected chi connectivity index (χ1v) is 8.84. The second-order valence-electron chi connectivity index (χ2n) is 7.07. The van der Waals surface area contributed by atoms with Crippen LogP contribution in [0.25, 0.3) is 0 Å². The van der Waals surface area contributed by atoms with Crippen molar-refractivity contribution in [3.8, 4) is 0 Å². The first-order valence-electron chi connectivity index (χ1n) is 7.23. The smallest absolute Gasteiger partial charge is 0.311 e. The van der Waals surface area contributed by atoms with E-state index >= 15 is 0 Å². The Morgan fingerprint density at radius 1 is 1.33 bits per heavy atom. The summed E-state index contributed by atoms with van der Waals surface area (Å²) in [4.78, 5) is 11.8. The van der Waals surface area contributed by atoms with Crippen LogP contribution in [0, 0.1) is 11.3 Å². The van der Waals surface area contributed by atoms with Crippen LogP contribution in [0.2, 0.25) is 0 Å². The Bertz CT molecular complexity index is 442. The van der Waals surface area contributed by atoms with Gasteiger partial charge in [0.25, 0.3) is 10.1 Å². The molecular formula is C14H30NO5S+. The first-order chi connectivity index (χ1) is 9.29. The van der Waals surface area contributed by atoms with Crippen molar-refractivity contribution in [2.45, 2.75) is 34.1 Å². The largest absolute Gasteiger partial charge is 0.459 e. The Hall–Kier alpha value is -0.660. The summed E-state index contributed by atoms with van der Waals surface area (Å²) in [6.07, 6.45) is 0.718. The maximum Gasteiger partial charge on any atom is 0.311 e. The molecule has 21 heavy (non-hydrogen) atoms. The summed E-state index contributed by atoms with van der Waals surface area (Å²) in [5.41, 5.74) is -0.477. The minimum Gasteiger partial charge on any atom is -0.459 e. The monoisotopic (exact) mass is 324 g/mol. The van der Waals surface area contributed by atoms with Crippen molar-refractivity contribution in [1.29, 1.82) is 0 Å². The summed E-state index contributed by atoms with van der Waals surface area (Å²) in [6, 6.07) is 0. The Labute approximate surface area is 128 Å². The lowest BCUT2D eigenvalue weighted by atomic mass is 9.91. The fraction of sp³-hybridized carbons (Fsp3) is 0.929. The Morgan fingerprint density at radius 3 is 2.29 bits per heavy atom. The van der Waals surface area contributed by atoms with E-state index in [0.717, 1.165) is 6.42 Å². The quantitative estimate of drug-likeness (QED) is 0.395. The summed E-state index contributed by atoms with van der Waals surface area (Å²) in [5, 5.41) is 0. The van der Waals surface area contributed by atoms with E-state index in [0.29, 0.717) is 24.2 Å². The highest BCUT2D eigenvalue weighted by Crippen LogP contribution is 2.21. The topological polar surface area (TPSA) is 80.7 Å². The standard InChI is InChI=1S/C14H29NO5S/c1-7-14(3,4)13(16)20-9-8-15(5,6)10-12(2)11-21(17,18)19/h12H,7-11H2,1-6H3/p+1. The van der Waals surface area contributed by atoms with Crippen LogP contribution in [0.15, 0.2) is 0 Å². The highest BCUT2D eigenvalue weighted by atomic mass is 32.2. The molecule has 0 bridgehead atoms. The van der Waals surface area contributed by atoms with Gasteiger partial charge in [0, 0.05) is 5.92 Å². The minimum absolute atomic E-state index is 0.169. The van der Waals surface area contributed by atoms with E-state index in [-0.39, 0.29) is 17.6 Å². The molecule has 1 unspecified atom stereocenters. The lowest BCUT2D eigenvalue weighted by molar-refractivity contribution is -0.893. The van der Waals surface area contributed by atoms with Gasteiger partial charge in [-0.15, -0.1) is 0 Å². The number of likely N-dealkylation sites (N-methyl/N-ethyl adjacent to an activating group) is 1. The number of ether oxygens (including phenoxy) is 1. The van der Waals surface area contributed by atoms with Gasteiger partial charge >= 0.3 is 5.97 Å². The molecule has 126 valence electrons. The lowest BCUT2D eigenvalue weighted by Gasteiger charge is -2.32. The molecule has 0 fully saturated rings. The SMILES string of the molecule is CCC(C)(C)C(=O)OCC[N+](C)(C)CC(C)CS(=O)(=O)O. The number of carbonyl (C=O) groups is 1. The van der Waals surface area contributed by atoms with Crippen LogP contribution >= 0.6 is 0 Å². The van der Waals surface area contributed by atoms with Crippen molar-refractivity contribution in [3.05, 3.63) is 0 Å². The predicted octanol–water partition coefficient (Wildman–Crippen LogP) is 1.57. The second-order valence-corrected chi connectivity index (χ2v) is 8.57. The molecule has 0 aromatic rings. The molecule has 6 nitrogen and oxygen atoms in total. The van der Waals surface area contributed by atoms with Gasteiger partial charge in [-0.05, 0) is 20.3 Å². The zero-order valence-corrected chi connectivity index (χ0v) is 14.9. The number of nitrogens with zero attached hydrogens (tertiary/aromatic N) is 1. The molecule has 0 radical (unpaired) electrons. The van der Waals surface area contributed by atoms with E-state index < -0.39 is 15.5 Å². The highest BCUT2D eigenvalue weighted by molar-refractivity contribution is 7.85. The molecule has 1 atom stereocenters. The van der Waals surface area contributed by atoms with E-state index in [1.54, 1.807) is 6.92 Å². The van der Waals surface area contributed by atoms with Gasteiger partial charge in [-0.25, -0.2) is 0 Å². The van der Waals surface area contributed by atoms with Crippen LogP contribution in [0.1, 0.15) is 34.1 Å². The van der Waals surface area contributed by atoms with E-state index in [9.17, 15) is 13.2 Å². The maximum atomic E-state index is 11.8. The normalized spacial score (nSPS) is 14.8. The van der Waals surface area contributed by atoms with Crippen molar-refractivity contribution < 1.29 is 27.0 Å². The Kier molecular flexibility index (Phi) is 7.32. The minimum atomic E-state index is -3.95. The van der Waals surface area contributed by atoms with E-state index in [2.05, 4.69) is 0 Å². The van der Waals surface area contributed by atoms with Crippen LogP contribution < -0.4 is 0 Å². The van der Waals surface area contributed by atoms with Crippen LogP contribution in [0.5, 0.6) is 0 Å². The molecule has 0 aliphatic heterocycles. The molecule has 0 saturated carbocycles. The fourth-order valence-electron chi connectivity index (χ4n) is 2.07. The Morgan fingerprint density at radius 2 is 1.86 bits per heavy atom. The fourth-order valence-corrected chi connectivity index (χ4v) is 2.90. The van der Waals surface area contributed by atoms with E-state index in [1.807, 2.05) is 34.9 Å². The van der Waals surface area contributed by atoms with Crippen LogP contribution in [0.3, 0.4) is 0 Å². The average molecular weight is 324 g/mol. The lowest BCUT2D eigenvalue weighted by Crippen LogP contribution is -2.46. The number of hydrogen-bond acceptors (Lipinski definition) is 4. The van der Waals surface area contributed by atoms with Crippen molar-refractivity contribution in [2.75, 3.05) is 39.5 Å². The van der Waals surface area contributed by atoms with Gasteiger partial charge in [0.2, 0.25) is 0 Å². The van der Waals surface area contributed by atoms with E-state index in [4.69, 9.17) is 9.29 Å². The predicted molar refractivity (Wildman–Crippen MR) is 82.5 cm³/mol. The third kappa shape index (κ3) is 9.06. The number of rotatable bonds is 9. The summed E-state index contributed by atoms with van der Waals surface area (Å²) in [6.45, 7) is 8.90. The molecule has 0 heterocycles. The van der Waals surface area contributed by atoms with Gasteiger partial charge in [0.15, 0.2) is 0 Å². The van der Waals surface area contributed by atoms with Crippen LogP contribution in [0.4, 0.5) is 0 Å². The Balaban J connectivity index is 4.28. The summed E-state index contributed by atoms with van der Waals surface area (Å²) >= 11 is 0. The molecular weight excluding hydrogens is 294 g/mol. The molecule has 0 amide bonds. The van der Waals surface area contributed by atoms with Crippen molar-refractivity contribution in [1.82, 2.24) is 0 Å². The molecule has 1 N–H and O–H groups in total. The summed E-state index contributed by atoms with van der Waals surface area (Å²) in [5.74, 6) is -0.633. The highest BCUT2D eigenvalue weighted by Gasteiger charge is 2.28. The summed E-state index contributed by atoms with van der Waals surface area (Å²) in [7, 11) is -0.0603. The van der Waals surface area contributed by atoms with Crippen LogP contribution in [-0.2, 0) is 19.6 Å². The maximum absolute atomic E-state index is 11.8. The average Bonchev–Trinajstić information content (AvgIpc) is 2.24. The molecule has 0 aromatic heterocycles. The molecule has 0 aliphatic rings. The molecule has 0 aliphatic carbocycles. The van der Waals surface area contributed by atoms with Crippen molar-refractivity contribution in [3.63, 3.8) is 0 Å². The summed E-state index contributed by atoms with van der Waals surface area (Å²) < 4.78 is 36.4. The van der Waals surface area contributed by atoms with Gasteiger partial charge in [-0.3, -0.25) is 9.35 Å². The molecule has 0 saturated heterocycles. The number of quaternary nitrogens is 1.